The molecule has 2 aromatic rings. The van der Waals surface area contributed by atoms with E-state index in [0.717, 1.165) is 0 Å². The van der Waals surface area contributed by atoms with Crippen LogP contribution < -0.4 is 20.3 Å². The fraction of sp³-hybridized carbons (Fsp3) is 0.176. The van der Waals surface area contributed by atoms with Crippen molar-refractivity contribution >= 4 is 17.5 Å². The van der Waals surface area contributed by atoms with Gasteiger partial charge in [0.1, 0.15) is 11.5 Å². The average Bonchev–Trinajstić information content (AvgIpc) is 2.65. The first-order chi connectivity index (χ1) is 12.5. The van der Waals surface area contributed by atoms with Gasteiger partial charge in [-0.05, 0) is 31.2 Å². The molecule has 0 aromatic heterocycles. The van der Waals surface area contributed by atoms with Gasteiger partial charge in [-0.15, -0.1) is 0 Å². The van der Waals surface area contributed by atoms with Crippen molar-refractivity contribution in [3.8, 4) is 11.5 Å². The number of nitrogens with zero attached hydrogens (tertiary/aromatic N) is 1. The number of amides is 2. The third kappa shape index (κ3) is 5.78. The van der Waals surface area contributed by atoms with Crippen LogP contribution in [0.1, 0.15) is 6.92 Å². The topological polar surface area (TPSA) is 120 Å². The number of hydrogen-bond acceptors (Lipinski definition) is 6. The van der Waals surface area contributed by atoms with Gasteiger partial charge in [-0.1, -0.05) is 18.2 Å². The number of non-ortho nitro benzene ring substituents is 1. The number of hydrazine groups is 1. The molecule has 0 aliphatic carbocycles. The molecule has 1 unspecified atom stereocenters. The predicted molar refractivity (Wildman–Crippen MR) is 91.4 cm³/mol. The van der Waals surface area contributed by atoms with Gasteiger partial charge in [0.05, 0.1) is 4.92 Å². The molecule has 1 atom stereocenters. The summed E-state index contributed by atoms with van der Waals surface area (Å²) in [6.45, 7) is 1.21. The van der Waals surface area contributed by atoms with Gasteiger partial charge in [0.15, 0.2) is 12.7 Å². The first-order valence-corrected chi connectivity index (χ1v) is 7.63. The number of para-hydroxylation sites is 1. The highest BCUT2D eigenvalue weighted by Gasteiger charge is 2.16. The molecule has 2 amide bonds. The predicted octanol–water partition coefficient (Wildman–Crippen LogP) is 1.59. The monoisotopic (exact) mass is 359 g/mol. The molecule has 9 nitrogen and oxygen atoms in total. The minimum Gasteiger partial charge on any atom is -0.484 e. The Hall–Kier alpha value is -3.62. The average molecular weight is 359 g/mol. The lowest BCUT2D eigenvalue weighted by atomic mass is 10.3. The lowest BCUT2D eigenvalue weighted by Gasteiger charge is -2.15. The highest BCUT2D eigenvalue weighted by Crippen LogP contribution is 2.18. The Morgan fingerprint density at radius 2 is 1.69 bits per heavy atom. The lowest BCUT2D eigenvalue weighted by molar-refractivity contribution is -0.384. The van der Waals surface area contributed by atoms with Crippen LogP contribution >= 0.6 is 0 Å². The molecular weight excluding hydrogens is 342 g/mol. The fourth-order valence-electron chi connectivity index (χ4n) is 1.84. The smallest absolute Gasteiger partial charge is 0.279 e. The maximum absolute atomic E-state index is 11.9. The summed E-state index contributed by atoms with van der Waals surface area (Å²) < 4.78 is 10.6. The SMILES string of the molecule is CC(Oc1ccc([N+](=O)[O-])cc1)C(=O)NNC(=O)COc1ccccc1. The van der Waals surface area contributed by atoms with Crippen LogP contribution in [-0.4, -0.2) is 29.4 Å². The normalized spacial score (nSPS) is 11.1. The Balaban J connectivity index is 1.74. The Labute approximate surface area is 149 Å². The molecule has 2 aromatic carbocycles. The number of nitrogens with one attached hydrogen (secondary N) is 2. The molecule has 136 valence electrons. The van der Waals surface area contributed by atoms with Crippen LogP contribution in [-0.2, 0) is 9.59 Å². The summed E-state index contributed by atoms with van der Waals surface area (Å²) in [6.07, 6.45) is -0.924. The van der Waals surface area contributed by atoms with Crippen molar-refractivity contribution in [2.75, 3.05) is 6.61 Å². The van der Waals surface area contributed by atoms with E-state index in [1.54, 1.807) is 24.3 Å². The second-order valence-corrected chi connectivity index (χ2v) is 5.15. The van der Waals surface area contributed by atoms with E-state index in [1.807, 2.05) is 6.07 Å². The largest absolute Gasteiger partial charge is 0.484 e. The zero-order valence-electron chi connectivity index (χ0n) is 13.9. The summed E-state index contributed by atoms with van der Waals surface area (Å²) in [7, 11) is 0. The number of carbonyl (C=O) groups excluding carboxylic acids is 2. The molecule has 2 rings (SSSR count). The van der Waals surface area contributed by atoms with Crippen LogP contribution in [0, 0.1) is 10.1 Å². The van der Waals surface area contributed by atoms with E-state index in [2.05, 4.69) is 10.9 Å². The Morgan fingerprint density at radius 3 is 2.31 bits per heavy atom. The van der Waals surface area contributed by atoms with Gasteiger partial charge in [0, 0.05) is 12.1 Å². The minimum atomic E-state index is -0.924. The molecule has 9 heteroatoms. The molecule has 0 heterocycles. The molecule has 0 aliphatic heterocycles. The van der Waals surface area contributed by atoms with Crippen LogP contribution in [0.5, 0.6) is 11.5 Å². The van der Waals surface area contributed by atoms with Crippen LogP contribution in [0.3, 0.4) is 0 Å². The third-order valence-corrected chi connectivity index (χ3v) is 3.17. The van der Waals surface area contributed by atoms with Gasteiger partial charge >= 0.3 is 0 Å². The molecule has 0 spiro atoms. The third-order valence-electron chi connectivity index (χ3n) is 3.17. The van der Waals surface area contributed by atoms with E-state index in [9.17, 15) is 19.7 Å². The van der Waals surface area contributed by atoms with Gasteiger partial charge in [-0.3, -0.25) is 30.6 Å². The summed E-state index contributed by atoms with van der Waals surface area (Å²) in [4.78, 5) is 33.6. The van der Waals surface area contributed by atoms with Crippen molar-refractivity contribution in [1.82, 2.24) is 10.9 Å². The Bertz CT molecular complexity index is 764. The van der Waals surface area contributed by atoms with Gasteiger partial charge in [0.2, 0.25) is 0 Å². The summed E-state index contributed by atoms with van der Waals surface area (Å²) in [5.41, 5.74) is 4.34. The van der Waals surface area contributed by atoms with Crippen molar-refractivity contribution < 1.29 is 24.0 Å². The van der Waals surface area contributed by atoms with Gasteiger partial charge in [-0.2, -0.15) is 0 Å². The number of hydrogen-bond donors (Lipinski definition) is 2. The zero-order chi connectivity index (χ0) is 18.9. The number of nitro benzene ring substituents is 1. The molecule has 0 saturated heterocycles. The Kier molecular flexibility index (Phi) is 6.49. The zero-order valence-corrected chi connectivity index (χ0v) is 13.9. The highest BCUT2D eigenvalue weighted by atomic mass is 16.6. The standard InChI is InChI=1S/C17H17N3O6/c1-12(26-15-9-7-13(8-10-15)20(23)24)17(22)19-18-16(21)11-25-14-5-3-2-4-6-14/h2-10,12H,11H2,1H3,(H,18,21)(H,19,22). The maximum atomic E-state index is 11.9. The fourth-order valence-corrected chi connectivity index (χ4v) is 1.84. The number of benzene rings is 2. The minimum absolute atomic E-state index is 0.0832. The number of ether oxygens (including phenoxy) is 2. The number of carbonyl (C=O) groups is 2. The van der Waals surface area contributed by atoms with Crippen LogP contribution in [0.4, 0.5) is 5.69 Å². The van der Waals surface area contributed by atoms with E-state index < -0.39 is 22.8 Å². The van der Waals surface area contributed by atoms with Gasteiger partial charge in [0.25, 0.3) is 17.5 Å². The summed E-state index contributed by atoms with van der Waals surface area (Å²) >= 11 is 0. The molecular formula is C17H17N3O6. The van der Waals surface area contributed by atoms with Crippen molar-refractivity contribution in [1.29, 1.82) is 0 Å². The number of rotatable bonds is 7. The first kappa shape index (κ1) is 18.7. The van der Waals surface area contributed by atoms with Crippen LogP contribution in [0.25, 0.3) is 0 Å². The molecule has 0 bridgehead atoms. The molecule has 0 saturated carbocycles. The van der Waals surface area contributed by atoms with E-state index in [0.29, 0.717) is 5.75 Å². The second-order valence-electron chi connectivity index (χ2n) is 5.15. The molecule has 0 aliphatic rings. The van der Waals surface area contributed by atoms with Crippen molar-refractivity contribution in [2.24, 2.45) is 0 Å². The van der Waals surface area contributed by atoms with Crippen molar-refractivity contribution in [2.45, 2.75) is 13.0 Å². The van der Waals surface area contributed by atoms with Gasteiger partial charge < -0.3 is 9.47 Å². The quantitative estimate of drug-likeness (QED) is 0.572. The molecule has 2 N–H and O–H groups in total. The first-order valence-electron chi connectivity index (χ1n) is 7.63. The summed E-state index contributed by atoms with van der Waals surface area (Å²) in [6, 6.07) is 14.1. The maximum Gasteiger partial charge on any atom is 0.279 e. The van der Waals surface area contributed by atoms with Crippen LogP contribution in [0.2, 0.25) is 0 Å². The lowest BCUT2D eigenvalue weighted by Crippen LogP contribution is -2.48. The van der Waals surface area contributed by atoms with E-state index in [-0.39, 0.29) is 18.0 Å². The Morgan fingerprint density at radius 1 is 1.04 bits per heavy atom. The molecule has 0 fully saturated rings. The summed E-state index contributed by atoms with van der Waals surface area (Å²) in [5.74, 6) is -0.304. The van der Waals surface area contributed by atoms with Gasteiger partial charge in [-0.25, -0.2) is 0 Å². The summed E-state index contributed by atoms with van der Waals surface area (Å²) in [5, 5.41) is 10.6. The molecule has 26 heavy (non-hydrogen) atoms. The second kappa shape index (κ2) is 9.02. The van der Waals surface area contributed by atoms with Crippen molar-refractivity contribution in [3.05, 3.63) is 64.7 Å². The highest BCUT2D eigenvalue weighted by molar-refractivity contribution is 5.85. The van der Waals surface area contributed by atoms with Crippen LogP contribution in [0.15, 0.2) is 54.6 Å². The van der Waals surface area contributed by atoms with E-state index in [4.69, 9.17) is 9.47 Å². The van der Waals surface area contributed by atoms with E-state index in [1.165, 1.54) is 31.2 Å². The number of nitro groups is 1. The molecule has 0 radical (unpaired) electrons. The van der Waals surface area contributed by atoms with Crippen molar-refractivity contribution in [3.63, 3.8) is 0 Å². The van der Waals surface area contributed by atoms with E-state index >= 15 is 0 Å².